The smallest absolute Gasteiger partial charge is 0.203 e. The third kappa shape index (κ3) is 3.38. The van der Waals surface area contributed by atoms with Crippen LogP contribution in [-0.2, 0) is 0 Å². The first-order chi connectivity index (χ1) is 9.08. The molecule has 19 heavy (non-hydrogen) atoms. The van der Waals surface area contributed by atoms with Crippen molar-refractivity contribution in [3.05, 3.63) is 64.1 Å². The van der Waals surface area contributed by atoms with Crippen molar-refractivity contribution in [1.82, 2.24) is 0 Å². The first-order valence-electron chi connectivity index (χ1n) is 5.43. The van der Waals surface area contributed by atoms with Crippen molar-refractivity contribution in [2.75, 3.05) is 6.61 Å². The largest absolute Gasteiger partial charge is 0.485 e. The maximum atomic E-state index is 13.3. The van der Waals surface area contributed by atoms with Gasteiger partial charge in [0, 0.05) is 6.07 Å². The number of rotatable bonds is 4. The molecule has 0 aliphatic heterocycles. The van der Waals surface area contributed by atoms with Crippen molar-refractivity contribution in [3.63, 3.8) is 0 Å². The molecule has 0 amide bonds. The molecule has 2 aromatic carbocycles. The number of hydrogen-bond acceptors (Lipinski definition) is 2. The van der Waals surface area contributed by atoms with Crippen LogP contribution >= 0.6 is 15.9 Å². The fraction of sp³-hybridized carbons (Fsp3) is 0.0714. The quantitative estimate of drug-likeness (QED) is 0.794. The van der Waals surface area contributed by atoms with Gasteiger partial charge in [0.05, 0.1) is 10.0 Å². The van der Waals surface area contributed by atoms with Gasteiger partial charge in [0.15, 0.2) is 6.61 Å². The lowest BCUT2D eigenvalue weighted by molar-refractivity contribution is 0.0917. The maximum Gasteiger partial charge on any atom is 0.203 e. The van der Waals surface area contributed by atoms with Gasteiger partial charge in [-0.25, -0.2) is 8.78 Å². The molecule has 0 unspecified atom stereocenters. The van der Waals surface area contributed by atoms with E-state index >= 15 is 0 Å². The Labute approximate surface area is 117 Å². The molecule has 0 heterocycles. The van der Waals surface area contributed by atoms with Crippen LogP contribution in [0.1, 0.15) is 10.4 Å². The van der Waals surface area contributed by atoms with Crippen LogP contribution in [0.3, 0.4) is 0 Å². The first kappa shape index (κ1) is 13.7. The summed E-state index contributed by atoms with van der Waals surface area (Å²) in [5.41, 5.74) is -0.0416. The van der Waals surface area contributed by atoms with Crippen LogP contribution < -0.4 is 4.74 Å². The molecular formula is C14H9BrF2O2. The molecule has 0 saturated carbocycles. The second-order valence-corrected chi connectivity index (χ2v) is 4.62. The highest BCUT2D eigenvalue weighted by Crippen LogP contribution is 2.21. The van der Waals surface area contributed by atoms with E-state index in [0.717, 1.165) is 6.07 Å². The zero-order valence-electron chi connectivity index (χ0n) is 9.70. The zero-order chi connectivity index (χ0) is 13.8. The van der Waals surface area contributed by atoms with E-state index in [0.29, 0.717) is 4.47 Å². The maximum absolute atomic E-state index is 13.3. The summed E-state index contributed by atoms with van der Waals surface area (Å²) in [5.74, 6) is -1.37. The van der Waals surface area contributed by atoms with Crippen molar-refractivity contribution in [2.45, 2.75) is 0 Å². The Kier molecular flexibility index (Phi) is 4.27. The van der Waals surface area contributed by atoms with Gasteiger partial charge in [-0.15, -0.1) is 0 Å². The van der Waals surface area contributed by atoms with Gasteiger partial charge in [-0.05, 0) is 40.2 Å². The minimum atomic E-state index is -0.599. The van der Waals surface area contributed by atoms with Crippen molar-refractivity contribution < 1.29 is 18.3 Å². The van der Waals surface area contributed by atoms with E-state index in [-0.39, 0.29) is 17.9 Å². The predicted molar refractivity (Wildman–Crippen MR) is 70.3 cm³/mol. The first-order valence-corrected chi connectivity index (χ1v) is 6.23. The molecule has 0 bridgehead atoms. The second kappa shape index (κ2) is 5.93. The van der Waals surface area contributed by atoms with Crippen LogP contribution in [0, 0.1) is 11.6 Å². The van der Waals surface area contributed by atoms with E-state index in [2.05, 4.69) is 15.9 Å². The van der Waals surface area contributed by atoms with Gasteiger partial charge < -0.3 is 4.74 Å². The molecule has 0 radical (unpaired) electrons. The van der Waals surface area contributed by atoms with Gasteiger partial charge in [0.25, 0.3) is 0 Å². The van der Waals surface area contributed by atoms with E-state index in [1.165, 1.54) is 30.3 Å². The minimum Gasteiger partial charge on any atom is -0.485 e. The van der Waals surface area contributed by atoms with Crippen LogP contribution in [0.5, 0.6) is 5.75 Å². The molecule has 0 aromatic heterocycles. The molecule has 0 N–H and O–H groups in total. The Morgan fingerprint density at radius 3 is 2.53 bits per heavy atom. The molecule has 5 heteroatoms. The molecular weight excluding hydrogens is 318 g/mol. The summed E-state index contributed by atoms with van der Waals surface area (Å²) < 4.78 is 32.0. The molecule has 0 saturated heterocycles. The third-order valence-electron chi connectivity index (χ3n) is 2.44. The summed E-state index contributed by atoms with van der Waals surface area (Å²) in [6.07, 6.45) is 0. The summed E-state index contributed by atoms with van der Waals surface area (Å²) in [6.45, 7) is -0.345. The predicted octanol–water partition coefficient (Wildman–Crippen LogP) is 3.99. The van der Waals surface area contributed by atoms with E-state index in [1.54, 1.807) is 6.07 Å². The topological polar surface area (TPSA) is 26.3 Å². The summed E-state index contributed by atoms with van der Waals surface area (Å²) in [6, 6.07) is 9.78. The summed E-state index contributed by atoms with van der Waals surface area (Å²) in [4.78, 5) is 11.7. The van der Waals surface area contributed by atoms with E-state index < -0.39 is 17.4 Å². The SMILES string of the molecule is O=C(COc1ccc(Br)c(F)c1)c1ccccc1F. The van der Waals surface area contributed by atoms with Crippen LogP contribution in [0.4, 0.5) is 8.78 Å². The monoisotopic (exact) mass is 326 g/mol. The number of Topliss-reactive ketones (excluding diaryl/α,β-unsaturated/α-hetero) is 1. The second-order valence-electron chi connectivity index (χ2n) is 3.77. The highest BCUT2D eigenvalue weighted by atomic mass is 79.9. The van der Waals surface area contributed by atoms with Gasteiger partial charge >= 0.3 is 0 Å². The van der Waals surface area contributed by atoms with Crippen LogP contribution in [0.2, 0.25) is 0 Å². The van der Waals surface area contributed by atoms with Gasteiger partial charge in [-0.3, -0.25) is 4.79 Å². The van der Waals surface area contributed by atoms with Gasteiger partial charge in [-0.2, -0.15) is 0 Å². The van der Waals surface area contributed by atoms with E-state index in [9.17, 15) is 13.6 Å². The van der Waals surface area contributed by atoms with E-state index in [1.807, 2.05) is 0 Å². The fourth-order valence-electron chi connectivity index (χ4n) is 1.48. The van der Waals surface area contributed by atoms with Gasteiger partial charge in [-0.1, -0.05) is 12.1 Å². The molecule has 2 nitrogen and oxygen atoms in total. The van der Waals surface area contributed by atoms with Gasteiger partial charge in [0.2, 0.25) is 5.78 Å². The number of ether oxygens (including phenoxy) is 1. The Morgan fingerprint density at radius 2 is 1.84 bits per heavy atom. The summed E-state index contributed by atoms with van der Waals surface area (Å²) in [5, 5.41) is 0. The molecule has 0 aliphatic rings. The molecule has 2 rings (SSSR count). The molecule has 0 atom stereocenters. The fourth-order valence-corrected chi connectivity index (χ4v) is 1.73. The number of carbonyl (C=O) groups is 1. The number of hydrogen-bond donors (Lipinski definition) is 0. The third-order valence-corrected chi connectivity index (χ3v) is 3.08. The van der Waals surface area contributed by atoms with Crippen molar-refractivity contribution >= 4 is 21.7 Å². The highest BCUT2D eigenvalue weighted by Gasteiger charge is 2.12. The lowest BCUT2D eigenvalue weighted by atomic mass is 10.1. The number of benzene rings is 2. The highest BCUT2D eigenvalue weighted by molar-refractivity contribution is 9.10. The van der Waals surface area contributed by atoms with Crippen molar-refractivity contribution in [3.8, 4) is 5.75 Å². The van der Waals surface area contributed by atoms with Crippen molar-refractivity contribution in [1.29, 1.82) is 0 Å². The Morgan fingerprint density at radius 1 is 1.11 bits per heavy atom. The number of ketones is 1. The van der Waals surface area contributed by atoms with Crippen LogP contribution in [0.15, 0.2) is 46.9 Å². The van der Waals surface area contributed by atoms with E-state index in [4.69, 9.17) is 4.74 Å². The van der Waals surface area contributed by atoms with Crippen LogP contribution in [0.25, 0.3) is 0 Å². The average molecular weight is 327 g/mol. The van der Waals surface area contributed by atoms with Crippen LogP contribution in [-0.4, -0.2) is 12.4 Å². The lowest BCUT2D eigenvalue weighted by Gasteiger charge is -2.06. The summed E-state index contributed by atoms with van der Waals surface area (Å²) in [7, 11) is 0. The Bertz CT molecular complexity index is 614. The number of halogens is 3. The molecule has 0 spiro atoms. The Hall–Kier alpha value is -1.75. The normalized spacial score (nSPS) is 10.3. The molecule has 98 valence electrons. The minimum absolute atomic E-state index is 0.0416. The lowest BCUT2D eigenvalue weighted by Crippen LogP contribution is -2.13. The molecule has 0 aliphatic carbocycles. The Balaban J connectivity index is 2.04. The molecule has 0 fully saturated rings. The van der Waals surface area contributed by atoms with Gasteiger partial charge in [0.1, 0.15) is 17.4 Å². The zero-order valence-corrected chi connectivity index (χ0v) is 11.3. The number of carbonyl (C=O) groups excluding carboxylic acids is 1. The molecule has 2 aromatic rings. The average Bonchev–Trinajstić information content (AvgIpc) is 2.40. The van der Waals surface area contributed by atoms with Crippen molar-refractivity contribution in [2.24, 2.45) is 0 Å². The standard InChI is InChI=1S/C14H9BrF2O2/c15-11-6-5-9(7-13(11)17)19-8-14(18)10-3-1-2-4-12(10)16/h1-7H,8H2. The summed E-state index contributed by atoms with van der Waals surface area (Å²) >= 11 is 3.01.